The molecule has 2 N–H and O–H groups in total. The van der Waals surface area contributed by atoms with Crippen LogP contribution in [0.15, 0.2) is 47.4 Å². The number of carbonyl (C=O) groups excluding carboxylic acids is 2. The Balaban J connectivity index is 1.94. The van der Waals surface area contributed by atoms with E-state index in [4.69, 9.17) is 16.3 Å². The van der Waals surface area contributed by atoms with Gasteiger partial charge in [-0.25, -0.2) is 22.3 Å². The highest BCUT2D eigenvalue weighted by atomic mass is 35.5. The molecular formula is C16H14ClFN2O6S. The number of amides is 2. The number of nitrogens with one attached hydrogen (secondary N) is 2. The van der Waals surface area contributed by atoms with Crippen LogP contribution in [0.2, 0.25) is 5.02 Å². The summed E-state index contributed by atoms with van der Waals surface area (Å²) in [5.41, 5.74) is 0.303. The summed E-state index contributed by atoms with van der Waals surface area (Å²) in [5, 5.41) is 2.36. The number of hydrogen-bond donors (Lipinski definition) is 2. The maximum Gasteiger partial charge on any atom is 0.420 e. The molecule has 0 saturated heterocycles. The van der Waals surface area contributed by atoms with Crippen molar-refractivity contribution in [2.75, 3.05) is 19.0 Å². The lowest BCUT2D eigenvalue weighted by atomic mass is 10.3. The summed E-state index contributed by atoms with van der Waals surface area (Å²) >= 11 is 5.61. The number of ether oxygens (including phenoxy) is 2. The van der Waals surface area contributed by atoms with Crippen LogP contribution in [0, 0.1) is 5.82 Å². The first kappa shape index (κ1) is 20.5. The lowest BCUT2D eigenvalue weighted by Crippen LogP contribution is -2.30. The first-order chi connectivity index (χ1) is 12.7. The number of carbonyl (C=O) groups is 2. The Kier molecular flexibility index (Phi) is 6.59. The zero-order valence-corrected chi connectivity index (χ0v) is 15.4. The van der Waals surface area contributed by atoms with E-state index in [1.165, 1.54) is 36.4 Å². The van der Waals surface area contributed by atoms with E-state index in [1.807, 2.05) is 0 Å². The zero-order chi connectivity index (χ0) is 20.0. The smallest absolute Gasteiger partial charge is 0.420 e. The predicted octanol–water partition coefficient (Wildman–Crippen LogP) is 2.54. The second kappa shape index (κ2) is 8.69. The molecule has 0 saturated carbocycles. The van der Waals surface area contributed by atoms with E-state index in [2.05, 4.69) is 10.1 Å². The number of anilines is 1. The van der Waals surface area contributed by atoms with Gasteiger partial charge in [-0.2, -0.15) is 0 Å². The van der Waals surface area contributed by atoms with Gasteiger partial charge in [0, 0.05) is 11.8 Å². The third kappa shape index (κ3) is 5.83. The van der Waals surface area contributed by atoms with Gasteiger partial charge in [-0.1, -0.05) is 11.6 Å². The molecule has 0 spiro atoms. The topological polar surface area (TPSA) is 111 Å². The molecule has 0 aromatic heterocycles. The summed E-state index contributed by atoms with van der Waals surface area (Å²) < 4.78 is 47.9. The van der Waals surface area contributed by atoms with Crippen molar-refractivity contribution in [2.45, 2.75) is 4.90 Å². The van der Waals surface area contributed by atoms with Crippen molar-refractivity contribution in [3.05, 3.63) is 53.3 Å². The van der Waals surface area contributed by atoms with E-state index in [9.17, 15) is 22.4 Å². The molecule has 0 heterocycles. The minimum absolute atomic E-state index is 0.134. The van der Waals surface area contributed by atoms with Gasteiger partial charge in [0.15, 0.2) is 6.61 Å². The Morgan fingerprint density at radius 2 is 1.81 bits per heavy atom. The molecule has 0 aliphatic carbocycles. The van der Waals surface area contributed by atoms with E-state index in [0.29, 0.717) is 5.69 Å². The summed E-state index contributed by atoms with van der Waals surface area (Å²) in [6.45, 7) is -0.369. The molecule has 144 valence electrons. The highest BCUT2D eigenvalue weighted by Gasteiger charge is 2.17. The standard InChI is InChI=1S/C16H14ClFN2O6S/c1-25-16(22)20-27(23,24)12-5-2-10(3-6-12)19-15(21)9-26-11-4-7-14(18)13(17)8-11/h2-8H,9H2,1H3,(H,19,21)(H,20,22). The molecule has 0 radical (unpaired) electrons. The molecule has 27 heavy (non-hydrogen) atoms. The first-order valence-electron chi connectivity index (χ1n) is 7.30. The van der Waals surface area contributed by atoms with E-state index in [-0.39, 0.29) is 22.3 Å². The molecule has 11 heteroatoms. The molecule has 2 rings (SSSR count). The number of benzene rings is 2. The number of hydrogen-bond acceptors (Lipinski definition) is 6. The predicted molar refractivity (Wildman–Crippen MR) is 94.7 cm³/mol. The molecule has 8 nitrogen and oxygen atoms in total. The van der Waals surface area contributed by atoms with Crippen molar-refractivity contribution in [1.82, 2.24) is 4.72 Å². The van der Waals surface area contributed by atoms with Crippen LogP contribution in [0.3, 0.4) is 0 Å². The molecule has 0 unspecified atom stereocenters. The molecule has 0 aliphatic rings. The Morgan fingerprint density at radius 3 is 2.41 bits per heavy atom. The van der Waals surface area contributed by atoms with Gasteiger partial charge in [0.05, 0.1) is 17.0 Å². The fourth-order valence-electron chi connectivity index (χ4n) is 1.84. The van der Waals surface area contributed by atoms with Gasteiger partial charge in [0.25, 0.3) is 15.9 Å². The van der Waals surface area contributed by atoms with Crippen LogP contribution in [-0.2, 0) is 19.6 Å². The molecular weight excluding hydrogens is 403 g/mol. The van der Waals surface area contributed by atoms with E-state index < -0.39 is 27.8 Å². The Hall–Kier alpha value is -2.85. The van der Waals surface area contributed by atoms with Crippen LogP contribution in [-0.4, -0.2) is 34.1 Å². The number of sulfonamides is 1. The quantitative estimate of drug-likeness (QED) is 0.748. The van der Waals surface area contributed by atoms with Crippen LogP contribution >= 0.6 is 11.6 Å². The summed E-state index contributed by atoms with van der Waals surface area (Å²) in [4.78, 5) is 22.7. The van der Waals surface area contributed by atoms with Gasteiger partial charge >= 0.3 is 6.09 Å². The summed E-state index contributed by atoms with van der Waals surface area (Å²) in [7, 11) is -3.04. The monoisotopic (exact) mass is 416 g/mol. The third-order valence-electron chi connectivity index (χ3n) is 3.11. The van der Waals surface area contributed by atoms with Crippen molar-refractivity contribution in [3.8, 4) is 5.75 Å². The molecule has 0 fully saturated rings. The minimum Gasteiger partial charge on any atom is -0.484 e. The molecule has 0 atom stereocenters. The highest BCUT2D eigenvalue weighted by Crippen LogP contribution is 2.21. The molecule has 2 aromatic carbocycles. The lowest BCUT2D eigenvalue weighted by molar-refractivity contribution is -0.118. The summed E-state index contributed by atoms with van der Waals surface area (Å²) in [6.07, 6.45) is -1.12. The Labute approximate surface area is 159 Å². The SMILES string of the molecule is COC(=O)NS(=O)(=O)c1ccc(NC(=O)COc2ccc(F)c(Cl)c2)cc1. The van der Waals surface area contributed by atoms with Crippen LogP contribution in [0.25, 0.3) is 0 Å². The Morgan fingerprint density at radius 1 is 1.15 bits per heavy atom. The van der Waals surface area contributed by atoms with Gasteiger partial charge in [0.1, 0.15) is 11.6 Å². The van der Waals surface area contributed by atoms with Crippen LogP contribution < -0.4 is 14.8 Å². The second-order valence-electron chi connectivity index (χ2n) is 5.03. The molecule has 2 aromatic rings. The Bertz CT molecular complexity index is 950. The maximum atomic E-state index is 13.1. The fraction of sp³-hybridized carbons (Fsp3) is 0.125. The van der Waals surface area contributed by atoms with Gasteiger partial charge in [-0.15, -0.1) is 0 Å². The maximum absolute atomic E-state index is 13.1. The number of rotatable bonds is 6. The van der Waals surface area contributed by atoms with E-state index in [0.717, 1.165) is 13.2 Å². The van der Waals surface area contributed by atoms with Crippen molar-refractivity contribution >= 4 is 39.3 Å². The lowest BCUT2D eigenvalue weighted by Gasteiger charge is -2.09. The largest absolute Gasteiger partial charge is 0.484 e. The van der Waals surface area contributed by atoms with Gasteiger partial charge in [-0.05, 0) is 36.4 Å². The second-order valence-corrected chi connectivity index (χ2v) is 7.12. The summed E-state index contributed by atoms with van der Waals surface area (Å²) in [6, 6.07) is 8.72. The average Bonchev–Trinajstić information content (AvgIpc) is 2.62. The third-order valence-corrected chi connectivity index (χ3v) is 4.73. The van der Waals surface area contributed by atoms with E-state index in [1.54, 1.807) is 4.72 Å². The van der Waals surface area contributed by atoms with Crippen molar-refractivity contribution in [1.29, 1.82) is 0 Å². The van der Waals surface area contributed by atoms with Crippen molar-refractivity contribution in [2.24, 2.45) is 0 Å². The highest BCUT2D eigenvalue weighted by molar-refractivity contribution is 7.90. The van der Waals surface area contributed by atoms with Crippen LogP contribution in [0.5, 0.6) is 5.75 Å². The summed E-state index contributed by atoms with van der Waals surface area (Å²) in [5.74, 6) is -0.921. The minimum atomic E-state index is -4.08. The normalized spacial score (nSPS) is 10.8. The zero-order valence-electron chi connectivity index (χ0n) is 13.9. The van der Waals surface area contributed by atoms with Crippen molar-refractivity contribution in [3.63, 3.8) is 0 Å². The van der Waals surface area contributed by atoms with Gasteiger partial charge < -0.3 is 14.8 Å². The van der Waals surface area contributed by atoms with Crippen molar-refractivity contribution < 1.29 is 31.9 Å². The number of methoxy groups -OCH3 is 1. The molecule has 0 aliphatic heterocycles. The van der Waals surface area contributed by atoms with Gasteiger partial charge in [-0.3, -0.25) is 4.79 Å². The number of halogens is 2. The fourth-order valence-corrected chi connectivity index (χ4v) is 2.93. The molecule has 0 bridgehead atoms. The average molecular weight is 417 g/mol. The van der Waals surface area contributed by atoms with Crippen LogP contribution in [0.4, 0.5) is 14.9 Å². The van der Waals surface area contributed by atoms with Gasteiger partial charge in [0.2, 0.25) is 0 Å². The first-order valence-corrected chi connectivity index (χ1v) is 9.16. The van der Waals surface area contributed by atoms with Crippen LogP contribution in [0.1, 0.15) is 0 Å². The molecule has 2 amide bonds. The van der Waals surface area contributed by atoms with E-state index >= 15 is 0 Å².